The monoisotopic (exact) mass is 165 g/mol. The molecule has 0 spiro atoms. The first-order valence-corrected chi connectivity index (χ1v) is 3.23. The molecule has 0 fully saturated rings. The third-order valence-electron chi connectivity index (χ3n) is 1.46. The smallest absolute Gasteiger partial charge is 0.335 e. The Bertz CT molecular complexity index is 333. The summed E-state index contributed by atoms with van der Waals surface area (Å²) in [5, 5.41) is 8.54. The van der Waals surface area contributed by atoms with E-state index < -0.39 is 5.97 Å². The molecule has 0 aliphatic heterocycles. The number of carbonyl (C=O) groups is 2. The van der Waals surface area contributed by atoms with Crippen LogP contribution >= 0.6 is 0 Å². The van der Waals surface area contributed by atoms with E-state index >= 15 is 0 Å². The molecule has 0 unspecified atom stereocenters. The molecule has 4 heteroatoms. The second-order valence-corrected chi connectivity index (χ2v) is 2.27. The van der Waals surface area contributed by atoms with E-state index in [1.54, 1.807) is 0 Å². The molecular formula is C8H7NO3. The molecule has 0 amide bonds. The van der Waals surface area contributed by atoms with Gasteiger partial charge >= 0.3 is 5.97 Å². The number of rotatable bonds is 2. The second kappa shape index (κ2) is 3.04. The van der Waals surface area contributed by atoms with Gasteiger partial charge in [-0.25, -0.2) is 4.79 Å². The number of anilines is 1. The standard InChI is InChI=1S/C8H7NO3/c9-7-2-1-5(8(11)12)3-6(7)4-10/h1-4H,9H2,(H,11,12). The fourth-order valence-electron chi connectivity index (χ4n) is 0.810. The van der Waals surface area contributed by atoms with Gasteiger partial charge in [0.25, 0.3) is 0 Å². The SMILES string of the molecule is Nc1ccc(C(=O)O)cc1C=O. The molecule has 0 atom stereocenters. The fourth-order valence-corrected chi connectivity index (χ4v) is 0.810. The summed E-state index contributed by atoms with van der Waals surface area (Å²) in [6.45, 7) is 0. The molecule has 1 rings (SSSR count). The van der Waals surface area contributed by atoms with E-state index in [2.05, 4.69) is 0 Å². The number of carboxylic acids is 1. The van der Waals surface area contributed by atoms with E-state index in [0.717, 1.165) is 0 Å². The molecule has 0 aliphatic carbocycles. The van der Waals surface area contributed by atoms with Crippen molar-refractivity contribution >= 4 is 17.9 Å². The van der Waals surface area contributed by atoms with Gasteiger partial charge < -0.3 is 10.8 Å². The number of carbonyl (C=O) groups excluding carboxylic acids is 1. The van der Waals surface area contributed by atoms with Crippen molar-refractivity contribution in [1.29, 1.82) is 0 Å². The van der Waals surface area contributed by atoms with Crippen molar-refractivity contribution in [2.45, 2.75) is 0 Å². The summed E-state index contributed by atoms with van der Waals surface area (Å²) in [7, 11) is 0. The minimum atomic E-state index is -1.07. The largest absolute Gasteiger partial charge is 0.478 e. The molecule has 1 aromatic carbocycles. The van der Waals surface area contributed by atoms with Crippen LogP contribution in [0.5, 0.6) is 0 Å². The quantitative estimate of drug-likeness (QED) is 0.501. The Balaban J connectivity index is 3.22. The summed E-state index contributed by atoms with van der Waals surface area (Å²) < 4.78 is 0. The molecule has 0 aromatic heterocycles. The zero-order valence-electron chi connectivity index (χ0n) is 6.15. The molecule has 0 saturated carbocycles. The van der Waals surface area contributed by atoms with E-state index in [1.807, 2.05) is 0 Å². The van der Waals surface area contributed by atoms with Crippen LogP contribution in [0.2, 0.25) is 0 Å². The summed E-state index contributed by atoms with van der Waals surface area (Å²) in [4.78, 5) is 20.8. The highest BCUT2D eigenvalue weighted by Crippen LogP contribution is 2.11. The molecule has 0 saturated heterocycles. The maximum atomic E-state index is 10.4. The van der Waals surface area contributed by atoms with Crippen molar-refractivity contribution in [2.24, 2.45) is 0 Å². The van der Waals surface area contributed by atoms with Gasteiger partial charge in [0.15, 0.2) is 6.29 Å². The van der Waals surface area contributed by atoms with Crippen LogP contribution in [-0.2, 0) is 0 Å². The van der Waals surface area contributed by atoms with Gasteiger partial charge in [0.05, 0.1) is 5.56 Å². The predicted molar refractivity (Wildman–Crippen MR) is 43.2 cm³/mol. The van der Waals surface area contributed by atoms with Crippen molar-refractivity contribution in [3.63, 3.8) is 0 Å². The highest BCUT2D eigenvalue weighted by molar-refractivity contribution is 5.92. The van der Waals surface area contributed by atoms with Gasteiger partial charge in [0, 0.05) is 11.3 Å². The van der Waals surface area contributed by atoms with Crippen LogP contribution in [-0.4, -0.2) is 17.4 Å². The van der Waals surface area contributed by atoms with Crippen LogP contribution < -0.4 is 5.73 Å². The van der Waals surface area contributed by atoms with E-state index in [4.69, 9.17) is 10.8 Å². The Morgan fingerprint density at radius 2 is 2.17 bits per heavy atom. The van der Waals surface area contributed by atoms with Crippen LogP contribution in [0.3, 0.4) is 0 Å². The lowest BCUT2D eigenvalue weighted by Crippen LogP contribution is -2.00. The van der Waals surface area contributed by atoms with Gasteiger partial charge in [-0.2, -0.15) is 0 Å². The van der Waals surface area contributed by atoms with Gasteiger partial charge in [0.1, 0.15) is 0 Å². The normalized spacial score (nSPS) is 9.33. The number of aromatic carboxylic acids is 1. The second-order valence-electron chi connectivity index (χ2n) is 2.27. The molecule has 0 radical (unpaired) electrons. The minimum absolute atomic E-state index is 0.0614. The van der Waals surface area contributed by atoms with Crippen molar-refractivity contribution in [3.8, 4) is 0 Å². The first-order chi connectivity index (χ1) is 5.65. The lowest BCUT2D eigenvalue weighted by Gasteiger charge is -1.98. The average Bonchev–Trinajstić information content (AvgIpc) is 2.05. The van der Waals surface area contributed by atoms with Crippen molar-refractivity contribution in [1.82, 2.24) is 0 Å². The van der Waals surface area contributed by atoms with E-state index in [-0.39, 0.29) is 16.8 Å². The predicted octanol–water partition coefficient (Wildman–Crippen LogP) is 0.780. The van der Waals surface area contributed by atoms with Crippen molar-refractivity contribution in [3.05, 3.63) is 29.3 Å². The maximum absolute atomic E-state index is 10.4. The van der Waals surface area contributed by atoms with E-state index in [1.165, 1.54) is 18.2 Å². The Morgan fingerprint density at radius 3 is 2.67 bits per heavy atom. The van der Waals surface area contributed by atoms with Crippen LogP contribution in [0.4, 0.5) is 5.69 Å². The van der Waals surface area contributed by atoms with Crippen LogP contribution in [0.1, 0.15) is 20.7 Å². The topological polar surface area (TPSA) is 80.4 Å². The number of aldehydes is 1. The van der Waals surface area contributed by atoms with Gasteiger partial charge in [-0.1, -0.05) is 0 Å². The first-order valence-electron chi connectivity index (χ1n) is 3.23. The summed E-state index contributed by atoms with van der Waals surface area (Å²) in [6, 6.07) is 3.99. The summed E-state index contributed by atoms with van der Waals surface area (Å²) in [6.07, 6.45) is 0.530. The average molecular weight is 165 g/mol. The third-order valence-corrected chi connectivity index (χ3v) is 1.46. The molecular weight excluding hydrogens is 158 g/mol. The Hall–Kier alpha value is -1.84. The number of carboxylic acid groups (broad SMARTS) is 1. The number of nitrogens with two attached hydrogens (primary N) is 1. The van der Waals surface area contributed by atoms with Crippen LogP contribution in [0.15, 0.2) is 18.2 Å². The van der Waals surface area contributed by atoms with E-state index in [0.29, 0.717) is 6.29 Å². The van der Waals surface area contributed by atoms with Gasteiger partial charge in [-0.05, 0) is 18.2 Å². The first kappa shape index (κ1) is 8.26. The zero-order chi connectivity index (χ0) is 9.14. The molecule has 0 heterocycles. The Morgan fingerprint density at radius 1 is 1.50 bits per heavy atom. The molecule has 0 aliphatic rings. The third kappa shape index (κ3) is 1.42. The number of hydrogen-bond donors (Lipinski definition) is 2. The fraction of sp³-hybridized carbons (Fsp3) is 0. The molecule has 4 nitrogen and oxygen atoms in total. The Labute approximate surface area is 68.6 Å². The Kier molecular flexibility index (Phi) is 2.09. The highest BCUT2D eigenvalue weighted by Gasteiger charge is 2.04. The minimum Gasteiger partial charge on any atom is -0.478 e. The summed E-state index contributed by atoms with van der Waals surface area (Å²) >= 11 is 0. The molecule has 62 valence electrons. The molecule has 1 aromatic rings. The van der Waals surface area contributed by atoms with Crippen molar-refractivity contribution < 1.29 is 14.7 Å². The maximum Gasteiger partial charge on any atom is 0.335 e. The van der Waals surface area contributed by atoms with Crippen LogP contribution in [0, 0.1) is 0 Å². The summed E-state index contributed by atoms with van der Waals surface area (Å²) in [5.74, 6) is -1.07. The molecule has 0 bridgehead atoms. The zero-order valence-corrected chi connectivity index (χ0v) is 6.15. The van der Waals surface area contributed by atoms with Crippen molar-refractivity contribution in [2.75, 3.05) is 5.73 Å². The van der Waals surface area contributed by atoms with Gasteiger partial charge in [0.2, 0.25) is 0 Å². The number of hydrogen-bond acceptors (Lipinski definition) is 3. The molecule has 3 N–H and O–H groups in total. The number of benzene rings is 1. The highest BCUT2D eigenvalue weighted by atomic mass is 16.4. The van der Waals surface area contributed by atoms with Gasteiger partial charge in [-0.15, -0.1) is 0 Å². The van der Waals surface area contributed by atoms with E-state index in [9.17, 15) is 9.59 Å². The lowest BCUT2D eigenvalue weighted by molar-refractivity contribution is 0.0697. The van der Waals surface area contributed by atoms with Gasteiger partial charge in [-0.3, -0.25) is 4.79 Å². The number of nitrogen functional groups attached to an aromatic ring is 1. The molecule has 12 heavy (non-hydrogen) atoms. The van der Waals surface area contributed by atoms with Crippen LogP contribution in [0.25, 0.3) is 0 Å². The summed E-state index contributed by atoms with van der Waals surface area (Å²) in [5.41, 5.74) is 5.93. The lowest BCUT2D eigenvalue weighted by atomic mass is 10.1.